The van der Waals surface area contributed by atoms with E-state index in [4.69, 9.17) is 16.0 Å². The highest BCUT2D eigenvalue weighted by molar-refractivity contribution is 6.33. The Morgan fingerprint density at radius 3 is 2.54 bits per heavy atom. The van der Waals surface area contributed by atoms with Gasteiger partial charge in [0.25, 0.3) is 11.5 Å². The Balaban J connectivity index is 1.61. The molecular weight excluding hydrogens is 358 g/mol. The van der Waals surface area contributed by atoms with Gasteiger partial charge in [-0.25, -0.2) is 0 Å². The number of pyridine rings is 1. The third kappa shape index (κ3) is 4.01. The summed E-state index contributed by atoms with van der Waals surface area (Å²) in [5, 5.41) is 0.496. The molecule has 0 aliphatic carbocycles. The van der Waals surface area contributed by atoms with Gasteiger partial charge in [0.1, 0.15) is 12.3 Å². The number of carbonyl (C=O) groups is 2. The monoisotopic (exact) mass is 371 g/mol. The zero-order valence-electron chi connectivity index (χ0n) is 13.4. The number of hydrogen-bond donors (Lipinski definition) is 2. The van der Waals surface area contributed by atoms with Crippen molar-refractivity contribution in [2.24, 2.45) is 0 Å². The van der Waals surface area contributed by atoms with Gasteiger partial charge < -0.3 is 8.98 Å². The number of aromatic nitrogens is 1. The molecule has 0 radical (unpaired) electrons. The topological polar surface area (TPSA) is 93.3 Å². The Labute approximate surface area is 153 Å². The molecule has 0 bridgehead atoms. The van der Waals surface area contributed by atoms with Gasteiger partial charge in [0.15, 0.2) is 5.76 Å². The lowest BCUT2D eigenvalue weighted by Gasteiger charge is -2.07. The Bertz CT molecular complexity index is 1010. The molecule has 2 aromatic heterocycles. The maximum atomic E-state index is 12.1. The van der Waals surface area contributed by atoms with Crippen LogP contribution in [-0.4, -0.2) is 16.4 Å². The number of halogens is 1. The molecule has 26 heavy (non-hydrogen) atoms. The van der Waals surface area contributed by atoms with Crippen molar-refractivity contribution in [2.45, 2.75) is 6.54 Å². The van der Waals surface area contributed by atoms with Crippen molar-refractivity contribution in [2.75, 3.05) is 0 Å². The summed E-state index contributed by atoms with van der Waals surface area (Å²) in [5.41, 5.74) is 4.81. The molecule has 0 atom stereocenters. The minimum atomic E-state index is -0.628. The molecule has 3 aromatic rings. The average Bonchev–Trinajstić information content (AvgIpc) is 3.12. The molecule has 7 nitrogen and oxygen atoms in total. The number of benzene rings is 1. The van der Waals surface area contributed by atoms with E-state index < -0.39 is 11.8 Å². The summed E-state index contributed by atoms with van der Waals surface area (Å²) in [4.78, 5) is 35.5. The molecule has 1 aromatic carbocycles. The van der Waals surface area contributed by atoms with Gasteiger partial charge in [0.05, 0.1) is 5.02 Å². The molecule has 132 valence electrons. The maximum absolute atomic E-state index is 12.1. The third-order valence-corrected chi connectivity index (χ3v) is 3.83. The number of amides is 2. The summed E-state index contributed by atoms with van der Waals surface area (Å²) in [7, 11) is 0. The van der Waals surface area contributed by atoms with E-state index in [0.717, 1.165) is 0 Å². The molecule has 2 amide bonds. The van der Waals surface area contributed by atoms with Crippen LogP contribution in [0.1, 0.15) is 10.6 Å². The lowest BCUT2D eigenvalue weighted by molar-refractivity contribution is -0.122. The van der Waals surface area contributed by atoms with Crippen LogP contribution in [0.4, 0.5) is 0 Å². The molecule has 2 heterocycles. The van der Waals surface area contributed by atoms with Gasteiger partial charge in [-0.1, -0.05) is 29.8 Å². The van der Waals surface area contributed by atoms with Gasteiger partial charge in [-0.3, -0.25) is 25.2 Å². The van der Waals surface area contributed by atoms with E-state index in [0.29, 0.717) is 16.3 Å². The van der Waals surface area contributed by atoms with Crippen molar-refractivity contribution >= 4 is 23.4 Å². The van der Waals surface area contributed by atoms with Crippen molar-refractivity contribution in [3.63, 3.8) is 0 Å². The molecule has 0 aliphatic heterocycles. The number of nitrogens with one attached hydrogen (secondary N) is 2. The fraction of sp³-hybridized carbons (Fsp3) is 0.0556. The molecule has 0 unspecified atom stereocenters. The normalized spacial score (nSPS) is 10.3. The van der Waals surface area contributed by atoms with Gasteiger partial charge in [-0.05, 0) is 30.3 Å². The quantitative estimate of drug-likeness (QED) is 0.688. The highest BCUT2D eigenvalue weighted by Crippen LogP contribution is 2.28. The molecule has 0 spiro atoms. The van der Waals surface area contributed by atoms with E-state index in [1.165, 1.54) is 22.9 Å². The number of hydrazine groups is 1. The minimum Gasteiger partial charge on any atom is -0.451 e. The lowest BCUT2D eigenvalue weighted by Crippen LogP contribution is -2.44. The standard InChI is InChI=1S/C18H14ClN3O4/c19-13-6-2-1-5-12(13)14-8-9-15(26-14)18(25)21-20-16(23)11-22-10-4-3-7-17(22)24/h1-10H,11H2,(H,20,23)(H,21,25). The van der Waals surface area contributed by atoms with E-state index in [9.17, 15) is 14.4 Å². The van der Waals surface area contributed by atoms with Crippen LogP contribution in [0, 0.1) is 0 Å². The fourth-order valence-electron chi connectivity index (χ4n) is 2.24. The second-order valence-corrected chi connectivity index (χ2v) is 5.72. The highest BCUT2D eigenvalue weighted by atomic mass is 35.5. The third-order valence-electron chi connectivity index (χ3n) is 3.50. The summed E-state index contributed by atoms with van der Waals surface area (Å²) in [6.07, 6.45) is 1.48. The van der Waals surface area contributed by atoms with Crippen molar-refractivity contribution in [1.29, 1.82) is 0 Å². The van der Waals surface area contributed by atoms with Gasteiger partial charge >= 0.3 is 5.91 Å². The van der Waals surface area contributed by atoms with Gasteiger partial charge in [-0.2, -0.15) is 0 Å². The predicted molar refractivity (Wildman–Crippen MR) is 95.5 cm³/mol. The fourth-order valence-corrected chi connectivity index (χ4v) is 2.47. The first-order valence-corrected chi connectivity index (χ1v) is 8.02. The second kappa shape index (κ2) is 7.71. The lowest BCUT2D eigenvalue weighted by atomic mass is 10.2. The molecule has 0 saturated heterocycles. The summed E-state index contributed by atoms with van der Waals surface area (Å²) in [6, 6.07) is 14.7. The van der Waals surface area contributed by atoms with Crippen LogP contribution in [0.15, 0.2) is 70.0 Å². The summed E-state index contributed by atoms with van der Waals surface area (Å²) in [6.45, 7) is -0.219. The molecule has 3 rings (SSSR count). The second-order valence-electron chi connectivity index (χ2n) is 5.31. The number of furan rings is 1. The van der Waals surface area contributed by atoms with Gasteiger partial charge in [0.2, 0.25) is 0 Å². The van der Waals surface area contributed by atoms with Crippen LogP contribution in [-0.2, 0) is 11.3 Å². The van der Waals surface area contributed by atoms with E-state index in [1.54, 1.807) is 42.5 Å². The average molecular weight is 372 g/mol. The van der Waals surface area contributed by atoms with E-state index in [-0.39, 0.29) is 17.9 Å². The number of nitrogens with zero attached hydrogens (tertiary/aromatic N) is 1. The van der Waals surface area contributed by atoms with Crippen molar-refractivity contribution in [3.8, 4) is 11.3 Å². The number of carbonyl (C=O) groups excluding carboxylic acids is 2. The largest absolute Gasteiger partial charge is 0.451 e. The Hall–Kier alpha value is -3.32. The number of hydrogen-bond acceptors (Lipinski definition) is 4. The molecule has 0 aliphatic rings. The number of rotatable bonds is 4. The highest BCUT2D eigenvalue weighted by Gasteiger charge is 2.14. The molecule has 0 fully saturated rings. The van der Waals surface area contributed by atoms with Crippen molar-refractivity contribution < 1.29 is 14.0 Å². The maximum Gasteiger partial charge on any atom is 0.305 e. The zero-order chi connectivity index (χ0) is 18.5. The first kappa shape index (κ1) is 17.5. The first-order chi connectivity index (χ1) is 12.5. The van der Waals surface area contributed by atoms with E-state index in [2.05, 4.69) is 10.9 Å². The van der Waals surface area contributed by atoms with Crippen LogP contribution in [0.5, 0.6) is 0 Å². The summed E-state index contributed by atoms with van der Waals surface area (Å²) < 4.78 is 6.69. The smallest absolute Gasteiger partial charge is 0.305 e. The van der Waals surface area contributed by atoms with Crippen LogP contribution in [0.25, 0.3) is 11.3 Å². The Kier molecular flexibility index (Phi) is 5.19. The molecular formula is C18H14ClN3O4. The minimum absolute atomic E-state index is 0.0112. The summed E-state index contributed by atoms with van der Waals surface area (Å²) >= 11 is 6.09. The van der Waals surface area contributed by atoms with Gasteiger partial charge in [0, 0.05) is 17.8 Å². The van der Waals surface area contributed by atoms with Crippen LogP contribution >= 0.6 is 11.6 Å². The Morgan fingerprint density at radius 2 is 1.77 bits per heavy atom. The van der Waals surface area contributed by atoms with Gasteiger partial charge in [-0.15, -0.1) is 0 Å². The van der Waals surface area contributed by atoms with Crippen LogP contribution in [0.2, 0.25) is 5.02 Å². The van der Waals surface area contributed by atoms with Crippen LogP contribution in [0.3, 0.4) is 0 Å². The van der Waals surface area contributed by atoms with E-state index in [1.807, 2.05) is 0 Å². The SMILES string of the molecule is O=C(Cn1ccccc1=O)NNC(=O)c1ccc(-c2ccccc2Cl)o1. The van der Waals surface area contributed by atoms with Crippen molar-refractivity contribution in [1.82, 2.24) is 15.4 Å². The molecule has 2 N–H and O–H groups in total. The van der Waals surface area contributed by atoms with Crippen molar-refractivity contribution in [3.05, 3.63) is 81.9 Å². The van der Waals surface area contributed by atoms with Crippen LogP contribution < -0.4 is 16.4 Å². The zero-order valence-corrected chi connectivity index (χ0v) is 14.2. The predicted octanol–water partition coefficient (Wildman–Crippen LogP) is 2.22. The van der Waals surface area contributed by atoms with E-state index >= 15 is 0 Å². The Morgan fingerprint density at radius 1 is 1.00 bits per heavy atom. The summed E-state index contributed by atoms with van der Waals surface area (Å²) in [5.74, 6) is -0.735. The first-order valence-electron chi connectivity index (χ1n) is 7.64. The molecule has 0 saturated carbocycles. The molecule has 8 heteroatoms.